The highest BCUT2D eigenvalue weighted by Gasteiger charge is 2.37. The topological polar surface area (TPSA) is 0 Å². The molecule has 0 aliphatic heterocycles. The van der Waals surface area contributed by atoms with Crippen LogP contribution in [-0.4, -0.2) is 8.07 Å². The smallest absolute Gasteiger partial charge is 0.0688 e. The Kier molecular flexibility index (Phi) is 5.96. The predicted molar refractivity (Wildman–Crippen MR) is 189 cm³/mol. The van der Waals surface area contributed by atoms with Gasteiger partial charge in [-0.2, -0.15) is 0 Å². The van der Waals surface area contributed by atoms with Crippen molar-refractivity contribution in [1.29, 1.82) is 0 Å². The zero-order valence-corrected chi connectivity index (χ0v) is 26.4. The molecule has 208 valence electrons. The molecule has 6 aromatic rings. The first kappa shape index (κ1) is 26.2. The fraction of sp³-hybridized carbons (Fsp3) is 0.143. The lowest BCUT2D eigenvalue weighted by Gasteiger charge is -2.31. The highest BCUT2D eigenvalue weighted by Crippen LogP contribution is 2.43. The van der Waals surface area contributed by atoms with Gasteiger partial charge in [-0.3, -0.25) is 0 Å². The van der Waals surface area contributed by atoms with Crippen molar-refractivity contribution in [3.8, 4) is 0 Å². The molecule has 0 heterocycles. The number of rotatable bonds is 4. The summed E-state index contributed by atoms with van der Waals surface area (Å²) in [6.07, 6.45) is 5.03. The molecule has 0 aromatic heterocycles. The van der Waals surface area contributed by atoms with Crippen LogP contribution in [0.4, 0.5) is 0 Å². The Bertz CT molecular complexity index is 1980. The SMILES string of the molecule is CC1C=C(c2cccc3ccccc23)c2cccc([Si](C)(C)c3cccc4c3C(C)C=C4c3cccc4ccccc34)c21. The lowest BCUT2D eigenvalue weighted by molar-refractivity contribution is 0.993. The van der Waals surface area contributed by atoms with E-state index in [1.807, 2.05) is 0 Å². The molecule has 2 unspecified atom stereocenters. The molecule has 43 heavy (non-hydrogen) atoms. The molecule has 2 atom stereocenters. The Labute approximate surface area is 256 Å². The molecule has 0 radical (unpaired) electrons. The van der Waals surface area contributed by atoms with Crippen LogP contribution in [-0.2, 0) is 0 Å². The lowest BCUT2D eigenvalue weighted by atomic mass is 9.94. The zero-order valence-electron chi connectivity index (χ0n) is 25.4. The number of allylic oxidation sites excluding steroid dienone is 2. The molecule has 6 aromatic carbocycles. The molecule has 2 aliphatic rings. The normalized spacial score (nSPS) is 17.6. The molecule has 2 aliphatic carbocycles. The molecule has 0 bridgehead atoms. The highest BCUT2D eigenvalue weighted by molar-refractivity contribution is 7.01. The van der Waals surface area contributed by atoms with Gasteiger partial charge in [-0.25, -0.2) is 0 Å². The van der Waals surface area contributed by atoms with Gasteiger partial charge in [-0.05, 0) is 66.1 Å². The number of fused-ring (bicyclic) bond motifs is 4. The first-order valence-corrected chi connectivity index (χ1v) is 18.6. The van der Waals surface area contributed by atoms with Crippen LogP contribution in [0.25, 0.3) is 32.7 Å². The molecule has 0 amide bonds. The van der Waals surface area contributed by atoms with E-state index in [1.54, 1.807) is 10.4 Å². The quantitative estimate of drug-likeness (QED) is 0.186. The number of hydrogen-bond acceptors (Lipinski definition) is 0. The van der Waals surface area contributed by atoms with Gasteiger partial charge >= 0.3 is 0 Å². The summed E-state index contributed by atoms with van der Waals surface area (Å²) >= 11 is 0. The second kappa shape index (κ2) is 9.79. The summed E-state index contributed by atoms with van der Waals surface area (Å²) in [6.45, 7) is 9.93. The fourth-order valence-corrected chi connectivity index (χ4v) is 11.4. The molecule has 0 nitrogen and oxygen atoms in total. The summed E-state index contributed by atoms with van der Waals surface area (Å²) in [4.78, 5) is 0. The van der Waals surface area contributed by atoms with Crippen molar-refractivity contribution >= 4 is 51.1 Å². The third kappa shape index (κ3) is 3.95. The van der Waals surface area contributed by atoms with Gasteiger partial charge in [0.15, 0.2) is 0 Å². The third-order valence-electron chi connectivity index (χ3n) is 10.0. The van der Waals surface area contributed by atoms with Gasteiger partial charge in [-0.1, -0.05) is 171 Å². The molecule has 8 rings (SSSR count). The van der Waals surface area contributed by atoms with E-state index in [9.17, 15) is 0 Å². The van der Waals surface area contributed by atoms with E-state index in [2.05, 4.69) is 160 Å². The first-order chi connectivity index (χ1) is 20.9. The van der Waals surface area contributed by atoms with E-state index < -0.39 is 8.07 Å². The Morgan fingerprint density at radius 3 is 1.26 bits per heavy atom. The van der Waals surface area contributed by atoms with Crippen LogP contribution in [0, 0.1) is 0 Å². The fourth-order valence-electron chi connectivity index (χ4n) is 8.05. The van der Waals surface area contributed by atoms with Crippen molar-refractivity contribution < 1.29 is 0 Å². The van der Waals surface area contributed by atoms with Gasteiger partial charge in [0.2, 0.25) is 0 Å². The average molecular weight is 569 g/mol. The van der Waals surface area contributed by atoms with Gasteiger partial charge in [-0.15, -0.1) is 0 Å². The summed E-state index contributed by atoms with van der Waals surface area (Å²) in [6, 6.07) is 45.3. The molecular formula is C42H36Si. The summed E-state index contributed by atoms with van der Waals surface area (Å²) in [5, 5.41) is 8.42. The Morgan fingerprint density at radius 1 is 0.419 bits per heavy atom. The lowest BCUT2D eigenvalue weighted by Crippen LogP contribution is -2.56. The molecule has 0 spiro atoms. The van der Waals surface area contributed by atoms with Crippen LogP contribution in [0.5, 0.6) is 0 Å². The highest BCUT2D eigenvalue weighted by atomic mass is 28.3. The second-order valence-electron chi connectivity index (χ2n) is 13.0. The third-order valence-corrected chi connectivity index (χ3v) is 13.6. The van der Waals surface area contributed by atoms with Gasteiger partial charge in [0.25, 0.3) is 0 Å². The minimum absolute atomic E-state index is 0.380. The van der Waals surface area contributed by atoms with Crippen LogP contribution in [0.3, 0.4) is 0 Å². The van der Waals surface area contributed by atoms with Crippen LogP contribution in [0.1, 0.15) is 59.1 Å². The molecule has 0 saturated heterocycles. The van der Waals surface area contributed by atoms with E-state index in [0.29, 0.717) is 11.8 Å². The van der Waals surface area contributed by atoms with E-state index in [0.717, 1.165) is 0 Å². The summed E-state index contributed by atoms with van der Waals surface area (Å²) in [7, 11) is -2.09. The summed E-state index contributed by atoms with van der Waals surface area (Å²) < 4.78 is 0. The minimum atomic E-state index is -2.09. The van der Waals surface area contributed by atoms with Gasteiger partial charge in [0, 0.05) is 11.8 Å². The van der Waals surface area contributed by atoms with Gasteiger partial charge in [0.05, 0.1) is 0 Å². The van der Waals surface area contributed by atoms with Crippen LogP contribution in [0.2, 0.25) is 13.1 Å². The Balaban J connectivity index is 1.26. The Hall–Kier alpha value is -4.46. The van der Waals surface area contributed by atoms with Crippen molar-refractivity contribution in [3.63, 3.8) is 0 Å². The maximum absolute atomic E-state index is 2.57. The largest absolute Gasteiger partial charge is 0.113 e. The van der Waals surface area contributed by atoms with E-state index >= 15 is 0 Å². The van der Waals surface area contributed by atoms with Crippen molar-refractivity contribution in [2.45, 2.75) is 38.8 Å². The van der Waals surface area contributed by atoms with Crippen LogP contribution in [0.15, 0.2) is 133 Å². The second-order valence-corrected chi connectivity index (χ2v) is 17.3. The molecule has 0 N–H and O–H groups in total. The molecule has 0 saturated carbocycles. The summed E-state index contributed by atoms with van der Waals surface area (Å²) in [5.74, 6) is 0.760. The number of benzene rings is 6. The van der Waals surface area contributed by atoms with Crippen LogP contribution < -0.4 is 10.4 Å². The maximum atomic E-state index is 2.57. The summed E-state index contributed by atoms with van der Waals surface area (Å²) in [5.41, 5.74) is 11.4. The van der Waals surface area contributed by atoms with Crippen LogP contribution >= 0.6 is 0 Å². The van der Waals surface area contributed by atoms with E-state index in [4.69, 9.17) is 0 Å². The van der Waals surface area contributed by atoms with E-state index in [1.165, 1.54) is 66.1 Å². The zero-order chi connectivity index (χ0) is 29.3. The van der Waals surface area contributed by atoms with Gasteiger partial charge < -0.3 is 0 Å². The first-order valence-electron chi connectivity index (χ1n) is 15.6. The number of hydrogen-bond donors (Lipinski definition) is 0. The van der Waals surface area contributed by atoms with Crippen molar-refractivity contribution in [1.82, 2.24) is 0 Å². The average Bonchev–Trinajstić information content (AvgIpc) is 3.56. The minimum Gasteiger partial charge on any atom is -0.0688 e. The molecule has 0 fully saturated rings. The van der Waals surface area contributed by atoms with Crippen molar-refractivity contribution in [2.24, 2.45) is 0 Å². The van der Waals surface area contributed by atoms with E-state index in [-0.39, 0.29) is 0 Å². The van der Waals surface area contributed by atoms with Gasteiger partial charge in [0.1, 0.15) is 8.07 Å². The van der Waals surface area contributed by atoms with Crippen molar-refractivity contribution in [3.05, 3.63) is 167 Å². The van der Waals surface area contributed by atoms with Crippen molar-refractivity contribution in [2.75, 3.05) is 0 Å². The maximum Gasteiger partial charge on any atom is 0.113 e. The predicted octanol–water partition coefficient (Wildman–Crippen LogP) is 9.91. The molecule has 1 heteroatoms. The molecular weight excluding hydrogens is 533 g/mol. The monoisotopic (exact) mass is 568 g/mol. The Morgan fingerprint density at radius 2 is 0.791 bits per heavy atom. The standard InChI is InChI=1S/C42H36Si/c1-27-25-37(33-19-9-15-29-13-5-7-17-31(29)33)35-21-11-23-39(41(27)35)43(3,4)40-24-12-22-36-38(26-28(2)42(36)40)34-20-10-16-30-14-6-8-18-32(30)34/h5-28H,1-4H3.